The topological polar surface area (TPSA) is 193 Å². The quantitative estimate of drug-likeness (QED) is 0.0803. The van der Waals surface area contributed by atoms with Crippen LogP contribution < -0.4 is 0 Å². The van der Waals surface area contributed by atoms with Crippen LogP contribution in [0.25, 0.3) is 0 Å². The normalized spacial score (nSPS) is 15.3. The summed E-state index contributed by atoms with van der Waals surface area (Å²) in [6, 6.07) is 39.9. The van der Waals surface area contributed by atoms with Crippen molar-refractivity contribution in [3.05, 3.63) is 144 Å². The molecule has 0 atom stereocenters. The Labute approximate surface area is 386 Å². The Balaban J connectivity index is 0.000000257. The van der Waals surface area contributed by atoms with Gasteiger partial charge in [-0.05, 0) is 60.8 Å². The summed E-state index contributed by atoms with van der Waals surface area (Å²) < 4.78 is 10.2. The molecule has 2 heterocycles. The van der Waals surface area contributed by atoms with Crippen molar-refractivity contribution >= 4 is 35.7 Å². The highest BCUT2D eigenvalue weighted by Gasteiger charge is 2.51. The number of rotatable bonds is 16. The van der Waals surface area contributed by atoms with E-state index in [1.54, 1.807) is 0 Å². The SMILES string of the molecule is COC(=O)C1(N(OCc2ccccc2)C(C)=O)CCN(CCc2ccccc2)CC1.COC(=O)C1(N(OCc2ccccc2)C(C)=O)CCN(CCc2ccccc2)CC1.O=C(O)C(=O)O. The number of benzene rings is 4. The molecular formula is C50H62N4O12. The number of aliphatic carboxylic acids is 2. The molecule has 2 amide bonds. The molecule has 2 saturated heterocycles. The standard InChI is InChI=1S/2C24H30N2O4.C2H2O4/c2*1-20(27)26(30-19-22-11-7-4-8-12-22)24(23(28)29-2)14-17-25(18-15-24)16-13-21-9-5-3-6-10-21;3-1(4)2(5)6/h2*3-12H,13-19H2,1-2H3;(H,3,4)(H,5,6). The molecule has 16 heteroatoms. The first-order chi connectivity index (χ1) is 31.7. The highest BCUT2D eigenvalue weighted by molar-refractivity contribution is 6.27. The molecule has 0 radical (unpaired) electrons. The van der Waals surface area contributed by atoms with Crippen LogP contribution in [-0.2, 0) is 74.0 Å². The van der Waals surface area contributed by atoms with Gasteiger partial charge < -0.3 is 29.5 Å². The Morgan fingerprint density at radius 1 is 0.485 bits per heavy atom. The summed E-state index contributed by atoms with van der Waals surface area (Å²) in [4.78, 5) is 85.2. The molecule has 0 unspecified atom stereocenters. The van der Waals surface area contributed by atoms with Crippen LogP contribution in [0.3, 0.4) is 0 Å². The second-order valence-corrected chi connectivity index (χ2v) is 16.0. The van der Waals surface area contributed by atoms with Crippen molar-refractivity contribution in [2.45, 2.75) is 76.7 Å². The van der Waals surface area contributed by atoms with Crippen LogP contribution >= 0.6 is 0 Å². The van der Waals surface area contributed by atoms with Gasteiger partial charge in [0.2, 0.25) is 11.8 Å². The van der Waals surface area contributed by atoms with Crippen molar-refractivity contribution in [3.8, 4) is 0 Å². The zero-order valence-electron chi connectivity index (χ0n) is 38.2. The van der Waals surface area contributed by atoms with E-state index in [9.17, 15) is 19.2 Å². The number of ether oxygens (including phenoxy) is 2. The number of hydrogen-bond acceptors (Lipinski definition) is 12. The first-order valence-corrected chi connectivity index (χ1v) is 21.9. The largest absolute Gasteiger partial charge is 0.473 e. The second-order valence-electron chi connectivity index (χ2n) is 16.0. The van der Waals surface area contributed by atoms with Crippen LogP contribution in [0, 0.1) is 0 Å². The zero-order chi connectivity index (χ0) is 48.0. The van der Waals surface area contributed by atoms with Crippen LogP contribution in [0.4, 0.5) is 0 Å². The first kappa shape index (κ1) is 52.2. The Kier molecular flexibility index (Phi) is 20.9. The van der Waals surface area contributed by atoms with Gasteiger partial charge in [-0.15, -0.1) is 0 Å². The lowest BCUT2D eigenvalue weighted by Crippen LogP contribution is -2.61. The molecule has 0 saturated carbocycles. The van der Waals surface area contributed by atoms with Gasteiger partial charge in [-0.3, -0.25) is 19.3 Å². The predicted octanol–water partition coefficient (Wildman–Crippen LogP) is 5.59. The maximum absolute atomic E-state index is 12.8. The van der Waals surface area contributed by atoms with Crippen LogP contribution in [0.2, 0.25) is 0 Å². The van der Waals surface area contributed by atoms with Gasteiger partial charge in [0, 0.05) is 53.1 Å². The molecule has 2 aliphatic rings. The Morgan fingerprint density at radius 2 is 0.758 bits per heavy atom. The first-order valence-electron chi connectivity index (χ1n) is 21.9. The Bertz CT molecular complexity index is 1980. The van der Waals surface area contributed by atoms with Crippen LogP contribution in [0.15, 0.2) is 121 Å². The molecule has 0 bridgehead atoms. The average molecular weight is 911 g/mol. The van der Waals surface area contributed by atoms with Crippen molar-refractivity contribution in [2.75, 3.05) is 53.5 Å². The van der Waals surface area contributed by atoms with Crippen LogP contribution in [0.5, 0.6) is 0 Å². The highest BCUT2D eigenvalue weighted by Crippen LogP contribution is 2.33. The summed E-state index contributed by atoms with van der Waals surface area (Å²) in [5, 5.41) is 17.3. The number of carboxylic acids is 2. The summed E-state index contributed by atoms with van der Waals surface area (Å²) >= 11 is 0. The van der Waals surface area contributed by atoms with E-state index in [1.165, 1.54) is 49.3 Å². The Morgan fingerprint density at radius 3 is 1.00 bits per heavy atom. The molecular weight excluding hydrogens is 849 g/mol. The number of hydrogen-bond donors (Lipinski definition) is 2. The lowest BCUT2D eigenvalue weighted by molar-refractivity contribution is -0.239. The van der Waals surface area contributed by atoms with E-state index in [4.69, 9.17) is 39.0 Å². The van der Waals surface area contributed by atoms with Gasteiger partial charge in [0.15, 0.2) is 11.1 Å². The molecule has 4 aromatic carbocycles. The summed E-state index contributed by atoms with van der Waals surface area (Å²) in [6.07, 6.45) is 3.80. The smallest absolute Gasteiger partial charge is 0.414 e. The summed E-state index contributed by atoms with van der Waals surface area (Å²) in [5.74, 6) is -5.09. The molecule has 6 rings (SSSR count). The number of methoxy groups -OCH3 is 2. The molecule has 0 spiro atoms. The van der Waals surface area contributed by atoms with Gasteiger partial charge in [0.1, 0.15) is 13.2 Å². The number of amides is 2. The van der Waals surface area contributed by atoms with Crippen molar-refractivity contribution in [2.24, 2.45) is 0 Å². The number of piperidine rings is 2. The van der Waals surface area contributed by atoms with E-state index in [2.05, 4.69) is 34.1 Å². The van der Waals surface area contributed by atoms with E-state index in [1.807, 2.05) is 97.1 Å². The Hall–Kier alpha value is -6.46. The van der Waals surface area contributed by atoms with Crippen molar-refractivity contribution in [3.63, 3.8) is 0 Å². The fourth-order valence-corrected chi connectivity index (χ4v) is 7.98. The van der Waals surface area contributed by atoms with E-state index >= 15 is 0 Å². The predicted molar refractivity (Wildman–Crippen MR) is 244 cm³/mol. The lowest BCUT2D eigenvalue weighted by Gasteiger charge is -2.45. The molecule has 354 valence electrons. The van der Waals surface area contributed by atoms with Crippen LogP contribution in [-0.4, -0.2) is 130 Å². The van der Waals surface area contributed by atoms with Crippen LogP contribution in [0.1, 0.15) is 61.8 Å². The minimum Gasteiger partial charge on any atom is -0.473 e. The third kappa shape index (κ3) is 15.3. The number of hydroxylamine groups is 4. The van der Waals surface area contributed by atoms with E-state index in [-0.39, 0.29) is 25.0 Å². The van der Waals surface area contributed by atoms with Gasteiger partial charge in [0.05, 0.1) is 14.2 Å². The molecule has 0 aromatic heterocycles. The molecule has 16 nitrogen and oxygen atoms in total. The monoisotopic (exact) mass is 910 g/mol. The maximum Gasteiger partial charge on any atom is 0.414 e. The third-order valence-electron chi connectivity index (χ3n) is 11.6. The molecule has 66 heavy (non-hydrogen) atoms. The van der Waals surface area contributed by atoms with E-state index in [0.29, 0.717) is 51.9 Å². The summed E-state index contributed by atoms with van der Waals surface area (Å²) in [6.45, 7) is 7.89. The molecule has 4 aromatic rings. The fraction of sp³-hybridized carbons (Fsp3) is 0.400. The molecule has 2 aliphatic heterocycles. The van der Waals surface area contributed by atoms with Gasteiger partial charge in [0.25, 0.3) is 0 Å². The third-order valence-corrected chi connectivity index (χ3v) is 11.6. The number of carbonyl (C=O) groups is 6. The van der Waals surface area contributed by atoms with E-state index in [0.717, 1.165) is 37.1 Å². The van der Waals surface area contributed by atoms with Gasteiger partial charge in [-0.2, -0.15) is 0 Å². The zero-order valence-corrected chi connectivity index (χ0v) is 38.2. The minimum atomic E-state index is -1.82. The van der Waals surface area contributed by atoms with E-state index < -0.39 is 35.0 Å². The van der Waals surface area contributed by atoms with Gasteiger partial charge >= 0.3 is 23.9 Å². The number of esters is 2. The van der Waals surface area contributed by atoms with Crippen molar-refractivity contribution < 1.29 is 58.1 Å². The van der Waals surface area contributed by atoms with Crippen molar-refractivity contribution in [1.29, 1.82) is 0 Å². The van der Waals surface area contributed by atoms with Gasteiger partial charge in [-0.1, -0.05) is 121 Å². The van der Waals surface area contributed by atoms with Crippen molar-refractivity contribution in [1.82, 2.24) is 19.9 Å². The molecule has 0 aliphatic carbocycles. The summed E-state index contributed by atoms with van der Waals surface area (Å²) in [7, 11) is 2.72. The fourth-order valence-electron chi connectivity index (χ4n) is 7.98. The number of nitrogens with zero attached hydrogens (tertiary/aromatic N) is 4. The second kappa shape index (κ2) is 26.5. The minimum absolute atomic E-state index is 0.219. The molecule has 2 N–H and O–H groups in total. The number of carboxylic acid groups (broad SMARTS) is 2. The highest BCUT2D eigenvalue weighted by atomic mass is 16.7. The number of likely N-dealkylation sites (tertiary alicyclic amines) is 2. The number of carbonyl (C=O) groups excluding carboxylic acids is 4. The average Bonchev–Trinajstić information content (AvgIpc) is 3.34. The summed E-state index contributed by atoms with van der Waals surface area (Å²) in [5.41, 5.74) is 2.25. The molecule has 2 fully saturated rings. The lowest BCUT2D eigenvalue weighted by atomic mass is 9.86. The maximum atomic E-state index is 12.8. The van der Waals surface area contributed by atoms with Gasteiger partial charge in [-0.25, -0.2) is 29.3 Å².